The van der Waals surface area contributed by atoms with Crippen LogP contribution in [0.3, 0.4) is 0 Å². The van der Waals surface area contributed by atoms with Crippen LogP contribution in [0.1, 0.15) is 12.8 Å². The number of benzene rings is 2. The van der Waals surface area contributed by atoms with Crippen molar-refractivity contribution in [2.24, 2.45) is 0 Å². The van der Waals surface area contributed by atoms with E-state index in [1.165, 1.54) is 29.3 Å². The van der Waals surface area contributed by atoms with Gasteiger partial charge in [-0.1, -0.05) is 80.2 Å². The van der Waals surface area contributed by atoms with Crippen LogP contribution in [0.4, 0.5) is 0 Å². The predicted molar refractivity (Wildman–Crippen MR) is 95.7 cm³/mol. The third-order valence-corrected chi connectivity index (χ3v) is 11.1. The molecule has 0 amide bonds. The highest BCUT2D eigenvalue weighted by atomic mass is 28.4. The molecule has 3 heteroatoms. The number of rotatable bonds is 3. The summed E-state index contributed by atoms with van der Waals surface area (Å²) in [6, 6.07) is 23.2. The quantitative estimate of drug-likeness (QED) is 0.792. The van der Waals surface area contributed by atoms with E-state index in [0.29, 0.717) is 5.73 Å². The molecule has 1 aliphatic heterocycles. The monoisotopic (exact) mass is 312 g/mol. The zero-order valence-electron chi connectivity index (χ0n) is 13.0. The molecule has 1 fully saturated rings. The van der Waals surface area contributed by atoms with Crippen LogP contribution in [-0.4, -0.2) is 22.8 Å². The van der Waals surface area contributed by atoms with Crippen LogP contribution in [0.2, 0.25) is 19.1 Å². The first-order valence-corrected chi connectivity index (χ1v) is 13.1. The van der Waals surface area contributed by atoms with Crippen LogP contribution < -0.4 is 10.4 Å². The first kappa shape index (κ1) is 14.8. The SMILES string of the molecule is C[SiH](C)C1CCC[Si](c2ccccc2)(c2ccccc2)O1. The summed E-state index contributed by atoms with van der Waals surface area (Å²) in [6.07, 6.45) is 2.57. The van der Waals surface area contributed by atoms with Gasteiger partial charge in [0.1, 0.15) is 0 Å². The van der Waals surface area contributed by atoms with Gasteiger partial charge in [-0.05, 0) is 22.8 Å². The van der Waals surface area contributed by atoms with Gasteiger partial charge in [0.25, 0.3) is 8.32 Å². The van der Waals surface area contributed by atoms with Crippen molar-refractivity contribution in [3.8, 4) is 0 Å². The highest BCUT2D eigenvalue weighted by molar-refractivity contribution is 6.98. The van der Waals surface area contributed by atoms with E-state index in [1.807, 2.05) is 0 Å². The molecule has 110 valence electrons. The lowest BCUT2D eigenvalue weighted by Gasteiger charge is -2.41. The molecule has 3 rings (SSSR count). The molecule has 1 aliphatic rings. The van der Waals surface area contributed by atoms with Gasteiger partial charge in [0, 0.05) is 5.73 Å². The first-order valence-electron chi connectivity index (χ1n) is 8.01. The normalized spacial score (nSPS) is 21.4. The van der Waals surface area contributed by atoms with Gasteiger partial charge >= 0.3 is 0 Å². The molecule has 1 atom stereocenters. The Morgan fingerprint density at radius 1 is 0.905 bits per heavy atom. The van der Waals surface area contributed by atoms with E-state index in [1.54, 1.807) is 0 Å². The Morgan fingerprint density at radius 3 is 1.90 bits per heavy atom. The van der Waals surface area contributed by atoms with E-state index in [2.05, 4.69) is 73.8 Å². The fourth-order valence-electron chi connectivity index (χ4n) is 3.40. The molecule has 0 spiro atoms. The second kappa shape index (κ2) is 6.30. The third kappa shape index (κ3) is 2.91. The fourth-order valence-corrected chi connectivity index (χ4v) is 10.2. The maximum atomic E-state index is 6.91. The summed E-state index contributed by atoms with van der Waals surface area (Å²) in [7, 11) is -2.79. The molecule has 2 aromatic rings. The van der Waals surface area contributed by atoms with Crippen LogP contribution in [0.5, 0.6) is 0 Å². The second-order valence-electron chi connectivity index (χ2n) is 6.35. The summed E-state index contributed by atoms with van der Waals surface area (Å²) in [6.45, 7) is 4.84. The molecule has 0 radical (unpaired) electrons. The lowest BCUT2D eigenvalue weighted by Crippen LogP contribution is -2.65. The Kier molecular flexibility index (Phi) is 4.43. The topological polar surface area (TPSA) is 9.23 Å². The molecule has 0 bridgehead atoms. The van der Waals surface area contributed by atoms with Crippen LogP contribution in [0, 0.1) is 0 Å². The Morgan fingerprint density at radius 2 is 1.43 bits per heavy atom. The number of hydrogen-bond acceptors (Lipinski definition) is 1. The van der Waals surface area contributed by atoms with Gasteiger partial charge in [-0.15, -0.1) is 0 Å². The molecule has 1 saturated heterocycles. The van der Waals surface area contributed by atoms with E-state index in [0.717, 1.165) is 0 Å². The second-order valence-corrected chi connectivity index (χ2v) is 13.1. The highest BCUT2D eigenvalue weighted by Gasteiger charge is 2.44. The highest BCUT2D eigenvalue weighted by Crippen LogP contribution is 2.27. The molecule has 0 aliphatic carbocycles. The zero-order chi connectivity index (χ0) is 14.7. The molecule has 0 saturated carbocycles. The van der Waals surface area contributed by atoms with E-state index in [4.69, 9.17) is 4.43 Å². The Bertz CT molecular complexity index is 529. The van der Waals surface area contributed by atoms with E-state index in [-0.39, 0.29) is 0 Å². The van der Waals surface area contributed by atoms with Crippen LogP contribution in [0.15, 0.2) is 60.7 Å². The molecular weight excluding hydrogens is 288 g/mol. The minimum Gasteiger partial charge on any atom is -0.408 e. The smallest absolute Gasteiger partial charge is 0.255 e. The van der Waals surface area contributed by atoms with Crippen molar-refractivity contribution in [3.63, 3.8) is 0 Å². The average molecular weight is 313 g/mol. The largest absolute Gasteiger partial charge is 0.408 e. The minimum absolute atomic E-state index is 0.533. The molecule has 2 aromatic carbocycles. The van der Waals surface area contributed by atoms with Crippen molar-refractivity contribution in [1.82, 2.24) is 0 Å². The van der Waals surface area contributed by atoms with Gasteiger partial charge < -0.3 is 4.43 Å². The van der Waals surface area contributed by atoms with Gasteiger partial charge in [-0.2, -0.15) is 0 Å². The van der Waals surface area contributed by atoms with Crippen LogP contribution >= 0.6 is 0 Å². The Balaban J connectivity index is 2.07. The van der Waals surface area contributed by atoms with Crippen molar-refractivity contribution in [3.05, 3.63) is 60.7 Å². The van der Waals surface area contributed by atoms with Crippen molar-refractivity contribution in [2.75, 3.05) is 0 Å². The lowest BCUT2D eigenvalue weighted by atomic mass is 10.3. The van der Waals surface area contributed by atoms with Gasteiger partial charge in [0.15, 0.2) is 0 Å². The van der Waals surface area contributed by atoms with Crippen molar-refractivity contribution in [1.29, 1.82) is 0 Å². The standard InChI is InChI=1S/C18H24OSi2/c1-20(2)18-14-9-15-21(19-18,16-10-5-3-6-11-16)17-12-7-4-8-13-17/h3-8,10-13,18,20H,9,14-15H2,1-2H3. The average Bonchev–Trinajstić information content (AvgIpc) is 2.56. The molecule has 1 nitrogen and oxygen atoms in total. The predicted octanol–water partition coefficient (Wildman–Crippen LogP) is 2.95. The summed E-state index contributed by atoms with van der Waals surface area (Å²) < 4.78 is 6.91. The molecule has 1 heterocycles. The summed E-state index contributed by atoms with van der Waals surface area (Å²) in [5, 5.41) is 2.88. The van der Waals surface area contributed by atoms with E-state index < -0.39 is 17.1 Å². The van der Waals surface area contributed by atoms with Gasteiger partial charge in [0.05, 0.1) is 8.80 Å². The van der Waals surface area contributed by atoms with E-state index >= 15 is 0 Å². The summed E-state index contributed by atoms with van der Waals surface area (Å²) in [5.74, 6) is 0. The van der Waals surface area contributed by atoms with Crippen LogP contribution in [0.25, 0.3) is 0 Å². The minimum atomic E-state index is -2.03. The Labute approximate surface area is 130 Å². The molecular formula is C18H24OSi2. The lowest BCUT2D eigenvalue weighted by molar-refractivity contribution is 0.236. The van der Waals surface area contributed by atoms with Crippen LogP contribution in [-0.2, 0) is 4.43 Å². The summed E-state index contributed by atoms with van der Waals surface area (Å²) in [5.41, 5.74) is 0.533. The summed E-state index contributed by atoms with van der Waals surface area (Å²) >= 11 is 0. The van der Waals surface area contributed by atoms with E-state index in [9.17, 15) is 0 Å². The first-order chi connectivity index (χ1) is 10.2. The maximum absolute atomic E-state index is 6.91. The Hall–Kier alpha value is -1.17. The zero-order valence-corrected chi connectivity index (χ0v) is 15.1. The molecule has 0 aromatic heterocycles. The maximum Gasteiger partial charge on any atom is 0.255 e. The van der Waals surface area contributed by atoms with Gasteiger partial charge in [0.2, 0.25) is 0 Å². The van der Waals surface area contributed by atoms with Crippen molar-refractivity contribution < 1.29 is 4.43 Å². The molecule has 21 heavy (non-hydrogen) atoms. The van der Waals surface area contributed by atoms with Crippen molar-refractivity contribution >= 4 is 27.5 Å². The third-order valence-electron chi connectivity index (χ3n) is 4.59. The fraction of sp³-hybridized carbons (Fsp3) is 0.333. The molecule has 0 N–H and O–H groups in total. The summed E-state index contributed by atoms with van der Waals surface area (Å²) in [4.78, 5) is 0. The van der Waals surface area contributed by atoms with Gasteiger partial charge in [-0.3, -0.25) is 0 Å². The molecule has 1 unspecified atom stereocenters. The van der Waals surface area contributed by atoms with Crippen molar-refractivity contribution in [2.45, 2.75) is 37.7 Å². The van der Waals surface area contributed by atoms with Gasteiger partial charge in [-0.25, -0.2) is 0 Å². The number of hydrogen-bond donors (Lipinski definition) is 0.